The van der Waals surface area contributed by atoms with E-state index in [1.165, 1.54) is 6.20 Å². The lowest BCUT2D eigenvalue weighted by molar-refractivity contribution is 0.0898. The van der Waals surface area contributed by atoms with E-state index in [4.69, 9.17) is 14.2 Å². The van der Waals surface area contributed by atoms with E-state index in [-0.39, 0.29) is 11.4 Å². The van der Waals surface area contributed by atoms with Gasteiger partial charge in [-0.15, -0.1) is 0 Å². The molecule has 0 atom stereocenters. The predicted octanol–water partition coefficient (Wildman–Crippen LogP) is 7.34. The van der Waals surface area contributed by atoms with Crippen molar-refractivity contribution in [2.24, 2.45) is 0 Å². The summed E-state index contributed by atoms with van der Waals surface area (Å²) in [7, 11) is -1.21. The average Bonchev–Trinajstić information content (AvgIpc) is 3.15. The molecule has 0 radical (unpaired) electrons. The molecule has 2 aromatic carbocycles. The second-order valence-corrected chi connectivity index (χ2v) is 15.5. The highest BCUT2D eigenvalue weighted by atomic mass is 28.3. The van der Waals surface area contributed by atoms with Gasteiger partial charge in [-0.3, -0.25) is 5.32 Å². The topological polar surface area (TPSA) is 74.6 Å². The summed E-state index contributed by atoms with van der Waals surface area (Å²) in [6.45, 7) is 9.69. The van der Waals surface area contributed by atoms with Gasteiger partial charge in [-0.2, -0.15) is 0 Å². The van der Waals surface area contributed by atoms with Gasteiger partial charge in [-0.1, -0.05) is 37.8 Å². The van der Waals surface area contributed by atoms with Gasteiger partial charge in [0.25, 0.3) is 0 Å². The van der Waals surface area contributed by atoms with Crippen molar-refractivity contribution in [3.05, 3.63) is 78.1 Å². The molecule has 1 N–H and O–H groups in total. The maximum atomic E-state index is 14.9. The van der Waals surface area contributed by atoms with Gasteiger partial charge in [-0.05, 0) is 36.7 Å². The number of halogens is 2. The van der Waals surface area contributed by atoms with Gasteiger partial charge in [0, 0.05) is 39.2 Å². The van der Waals surface area contributed by atoms with Crippen LogP contribution >= 0.6 is 0 Å². The van der Waals surface area contributed by atoms with E-state index < -0.39 is 31.6 Å². The fourth-order valence-electron chi connectivity index (χ4n) is 3.68. The van der Waals surface area contributed by atoms with Crippen molar-refractivity contribution in [2.75, 3.05) is 11.9 Å². The van der Waals surface area contributed by atoms with Crippen LogP contribution in [0.15, 0.2) is 60.9 Å². The number of hydrogen-bond acceptors (Lipinski definition) is 5. The van der Waals surface area contributed by atoms with Crippen molar-refractivity contribution in [1.29, 1.82) is 0 Å². The number of nitrogens with zero attached hydrogens (tertiary/aromatic N) is 2. The third-order valence-electron chi connectivity index (χ3n) is 5.55. The van der Waals surface area contributed by atoms with Crippen LogP contribution in [0.4, 0.5) is 19.3 Å². The minimum absolute atomic E-state index is 0.110. The van der Waals surface area contributed by atoms with Gasteiger partial charge in [-0.25, -0.2) is 18.6 Å². The number of aromatic nitrogens is 2. The molecule has 0 aliphatic carbocycles. The third kappa shape index (κ3) is 6.72. The van der Waals surface area contributed by atoms with Gasteiger partial charge in [0.1, 0.15) is 23.9 Å². The number of ether oxygens (including phenoxy) is 3. The summed E-state index contributed by atoms with van der Waals surface area (Å²) in [4.78, 5) is 16.5. The zero-order valence-corrected chi connectivity index (χ0v) is 22.2. The number of rotatable bonds is 9. The second-order valence-electron chi connectivity index (χ2n) is 9.84. The van der Waals surface area contributed by atoms with Crippen LogP contribution in [-0.4, -0.2) is 30.3 Å². The van der Waals surface area contributed by atoms with E-state index in [2.05, 4.69) is 29.9 Å². The largest absolute Gasteiger partial charge is 0.450 e. The Hall–Kier alpha value is -3.76. The van der Waals surface area contributed by atoms with E-state index in [1.54, 1.807) is 36.4 Å². The summed E-state index contributed by atoms with van der Waals surface area (Å²) in [5, 5.41) is 2.95. The molecule has 37 heavy (non-hydrogen) atoms. The van der Waals surface area contributed by atoms with Crippen LogP contribution in [0.3, 0.4) is 0 Å². The van der Waals surface area contributed by atoms with E-state index in [1.807, 2.05) is 17.7 Å². The molecular weight excluding hydrogens is 496 g/mol. The molecule has 0 fully saturated rings. The lowest BCUT2D eigenvalue weighted by Crippen LogP contribution is -2.22. The highest BCUT2D eigenvalue weighted by Crippen LogP contribution is 2.35. The van der Waals surface area contributed by atoms with Gasteiger partial charge < -0.3 is 18.8 Å². The van der Waals surface area contributed by atoms with Crippen molar-refractivity contribution < 1.29 is 27.8 Å². The van der Waals surface area contributed by atoms with E-state index in [0.29, 0.717) is 30.1 Å². The normalized spacial score (nSPS) is 11.5. The monoisotopic (exact) mass is 525 g/mol. The standard InChI is InChI=1S/C27H29F2N3O4Si/c1-18-16-32(17-34-12-13-37(2,3)4)26-24(18)23(10-11-30-26)36-25-21(28)14-19(15-22(25)29)31-27(33)35-20-8-6-5-7-9-20/h5-11,14-16H,12-13,17H2,1-4H3,(H,31,33). The van der Waals surface area contributed by atoms with Crippen molar-refractivity contribution in [2.45, 2.75) is 39.3 Å². The molecular formula is C27H29F2N3O4Si. The number of benzene rings is 2. The fraction of sp³-hybridized carbons (Fsp3) is 0.259. The Kier molecular flexibility index (Phi) is 7.89. The number of hydrogen-bond donors (Lipinski definition) is 1. The summed E-state index contributed by atoms with van der Waals surface area (Å²) < 4.78 is 48.3. The Morgan fingerprint density at radius 2 is 1.78 bits per heavy atom. The maximum absolute atomic E-state index is 14.9. The van der Waals surface area contributed by atoms with Gasteiger partial charge in [0.15, 0.2) is 17.4 Å². The molecule has 2 aromatic heterocycles. The first-order chi connectivity index (χ1) is 17.6. The van der Waals surface area contributed by atoms with Crippen molar-refractivity contribution in [3.63, 3.8) is 0 Å². The quantitative estimate of drug-likeness (QED) is 0.183. The first-order valence-corrected chi connectivity index (χ1v) is 15.5. The van der Waals surface area contributed by atoms with Crippen LogP contribution in [0.25, 0.3) is 11.0 Å². The highest BCUT2D eigenvalue weighted by molar-refractivity contribution is 6.76. The van der Waals surface area contributed by atoms with Crippen molar-refractivity contribution in [1.82, 2.24) is 9.55 Å². The molecule has 4 aromatic rings. The molecule has 0 unspecified atom stereocenters. The van der Waals surface area contributed by atoms with E-state index in [0.717, 1.165) is 23.7 Å². The number of anilines is 1. The summed E-state index contributed by atoms with van der Waals surface area (Å²) in [6.07, 6.45) is 2.51. The van der Waals surface area contributed by atoms with Crippen LogP contribution in [-0.2, 0) is 11.5 Å². The van der Waals surface area contributed by atoms with E-state index in [9.17, 15) is 13.6 Å². The smallest absolute Gasteiger partial charge is 0.417 e. The van der Waals surface area contributed by atoms with Gasteiger partial charge >= 0.3 is 6.09 Å². The molecule has 7 nitrogen and oxygen atoms in total. The maximum Gasteiger partial charge on any atom is 0.417 e. The summed E-state index contributed by atoms with van der Waals surface area (Å²) in [5.41, 5.74) is 1.31. The number of aryl methyl sites for hydroxylation is 1. The summed E-state index contributed by atoms with van der Waals surface area (Å²) >= 11 is 0. The summed E-state index contributed by atoms with van der Waals surface area (Å²) in [6, 6.07) is 12.9. The number of para-hydroxylation sites is 1. The molecule has 1 amide bonds. The predicted molar refractivity (Wildman–Crippen MR) is 141 cm³/mol. The average molecular weight is 526 g/mol. The van der Waals surface area contributed by atoms with Crippen LogP contribution in [0.2, 0.25) is 25.7 Å². The van der Waals surface area contributed by atoms with Crippen LogP contribution in [0.5, 0.6) is 17.2 Å². The Morgan fingerprint density at radius 3 is 2.46 bits per heavy atom. The van der Waals surface area contributed by atoms with Gasteiger partial charge in [0.05, 0.1) is 11.1 Å². The van der Waals surface area contributed by atoms with Crippen LogP contribution in [0, 0.1) is 18.6 Å². The third-order valence-corrected chi connectivity index (χ3v) is 7.25. The lowest BCUT2D eigenvalue weighted by Gasteiger charge is -2.15. The molecule has 0 saturated heterocycles. The number of fused-ring (bicyclic) bond motifs is 1. The molecule has 10 heteroatoms. The van der Waals surface area contributed by atoms with Crippen molar-refractivity contribution in [3.8, 4) is 17.2 Å². The number of amides is 1. The minimum atomic E-state index is -1.21. The fourth-order valence-corrected chi connectivity index (χ4v) is 4.44. The molecule has 4 rings (SSSR count). The van der Waals surface area contributed by atoms with Crippen molar-refractivity contribution >= 4 is 30.9 Å². The zero-order valence-electron chi connectivity index (χ0n) is 21.2. The molecule has 194 valence electrons. The first-order valence-electron chi connectivity index (χ1n) is 11.8. The minimum Gasteiger partial charge on any atom is -0.450 e. The molecule has 0 spiro atoms. The molecule has 0 aliphatic rings. The Labute approximate surface area is 215 Å². The number of nitrogens with one attached hydrogen (secondary N) is 1. The first kappa shape index (κ1) is 26.3. The number of carbonyl (C=O) groups excluding carboxylic acids is 1. The number of carbonyl (C=O) groups is 1. The molecule has 0 saturated carbocycles. The van der Waals surface area contributed by atoms with E-state index >= 15 is 0 Å². The highest BCUT2D eigenvalue weighted by Gasteiger charge is 2.19. The lowest BCUT2D eigenvalue weighted by atomic mass is 10.2. The second kappa shape index (κ2) is 11.1. The Balaban J connectivity index is 1.50. The summed E-state index contributed by atoms with van der Waals surface area (Å²) in [5.74, 6) is -2.00. The molecule has 0 bridgehead atoms. The molecule has 2 heterocycles. The zero-order chi connectivity index (χ0) is 26.6. The molecule has 0 aliphatic heterocycles. The Morgan fingerprint density at radius 1 is 1.08 bits per heavy atom. The van der Waals surface area contributed by atoms with Gasteiger partial charge in [0.2, 0.25) is 0 Å². The number of pyridine rings is 1. The Bertz CT molecular complexity index is 1380. The van der Waals surface area contributed by atoms with Crippen LogP contribution in [0.1, 0.15) is 5.56 Å². The van der Waals surface area contributed by atoms with Crippen LogP contribution < -0.4 is 14.8 Å². The SMILES string of the molecule is Cc1cn(COCC[Si](C)(C)C)c2nccc(Oc3c(F)cc(NC(=O)Oc4ccccc4)cc3F)c12.